The fourth-order valence-electron chi connectivity index (χ4n) is 4.20. The average molecular weight is 736 g/mol. The number of carbonyl (C=O) groups excluding carboxylic acids is 3. The number of thioether (sulfide) groups is 1. The quantitative estimate of drug-likeness (QED) is 0.211. The van der Waals surface area contributed by atoms with E-state index in [1.54, 1.807) is 27.7 Å². The molecular formula is C17H21F2NO8RfS2-2. The van der Waals surface area contributed by atoms with Crippen LogP contribution in [0.1, 0.15) is 27.7 Å². The van der Waals surface area contributed by atoms with Gasteiger partial charge in [-0.2, -0.15) is 0 Å². The summed E-state index contributed by atoms with van der Waals surface area (Å²) in [4.78, 5) is 39.3. The summed E-state index contributed by atoms with van der Waals surface area (Å²) in [5.41, 5.74) is 0. The molecule has 172 valence electrons. The largest absolute Gasteiger partial charge is 0.746 e. The first-order valence-corrected chi connectivity index (χ1v) is 11.6. The predicted molar refractivity (Wildman–Crippen MR) is 97.7 cm³/mol. The molecule has 3 heterocycles. The number of likely N-dealkylation sites (tertiary alicyclic amines) is 1. The van der Waals surface area contributed by atoms with Gasteiger partial charge in [0.2, 0.25) is 5.91 Å². The normalized spacial score (nSPS) is 31.9. The number of hydrogen-bond acceptors (Lipinski definition) is 9. The Morgan fingerprint density at radius 3 is 2.29 bits per heavy atom. The van der Waals surface area contributed by atoms with Crippen LogP contribution in [0.15, 0.2) is 0 Å². The maximum Gasteiger partial charge on any atom is 0.308 e. The van der Waals surface area contributed by atoms with Crippen LogP contribution in [0.2, 0.25) is 0 Å². The molecule has 0 aromatic rings. The van der Waals surface area contributed by atoms with E-state index >= 15 is 0 Å². The van der Waals surface area contributed by atoms with Gasteiger partial charge in [0.15, 0.2) is 0 Å². The van der Waals surface area contributed by atoms with Gasteiger partial charge in [-0.1, -0.05) is 20.5 Å². The fourth-order valence-corrected chi connectivity index (χ4v) is 6.45. The second-order valence-electron chi connectivity index (χ2n) is 8.07. The number of halogens is 2. The molecule has 14 heteroatoms. The Morgan fingerprint density at radius 1 is 1.23 bits per heavy atom. The van der Waals surface area contributed by atoms with Gasteiger partial charge < -0.3 is 18.9 Å². The van der Waals surface area contributed by atoms with Gasteiger partial charge in [0.1, 0.15) is 16.2 Å². The van der Waals surface area contributed by atoms with E-state index in [2.05, 4.69) is 4.74 Å². The third kappa shape index (κ3) is 3.82. The molecule has 9 nitrogen and oxygen atoms in total. The predicted octanol–water partition coefficient (Wildman–Crippen LogP) is 0.746. The molecule has 0 spiro atoms. The SMILES string of the molecule is CC(C)C(=O)OC1C2SC3C(C(=O)N(C(C)C)C13)C2C(=O)O[CH-]C(F)(F)S(=O)(=O)[O-].[Rf]. The summed E-state index contributed by atoms with van der Waals surface area (Å²) in [5.74, 6) is -4.75. The van der Waals surface area contributed by atoms with Crippen LogP contribution in [-0.4, -0.2) is 69.7 Å². The summed E-state index contributed by atoms with van der Waals surface area (Å²) < 4.78 is 68.4. The third-order valence-corrected chi connectivity index (χ3v) is 7.99. The van der Waals surface area contributed by atoms with Crippen molar-refractivity contribution in [3.05, 3.63) is 6.61 Å². The number of rotatable bonds is 7. The standard InChI is InChI=1S/C17H22F2NO8S2.Rf/c1-6(2)15(22)28-11-10-12-8(14(21)20(10)7(3)4)9(13(11)29-12)16(23)27-5-17(18,19)30(24,25)26;/h5-13H,1-4H3,(H,24,25,26);/q-1;/p-1. The van der Waals surface area contributed by atoms with Crippen molar-refractivity contribution in [3.63, 3.8) is 0 Å². The van der Waals surface area contributed by atoms with Crippen LogP contribution in [0.5, 0.6) is 0 Å². The van der Waals surface area contributed by atoms with Gasteiger partial charge in [0.25, 0.3) is 11.2 Å². The molecule has 31 heavy (non-hydrogen) atoms. The van der Waals surface area contributed by atoms with E-state index in [1.165, 1.54) is 16.7 Å². The van der Waals surface area contributed by atoms with Crippen molar-refractivity contribution in [1.29, 1.82) is 0 Å². The van der Waals surface area contributed by atoms with Gasteiger partial charge in [0, 0.05) is 11.3 Å². The van der Waals surface area contributed by atoms with E-state index < -0.39 is 74.3 Å². The van der Waals surface area contributed by atoms with Gasteiger partial charge in [0.05, 0.1) is 29.0 Å². The van der Waals surface area contributed by atoms with Crippen molar-refractivity contribution in [3.8, 4) is 0 Å². The molecule has 0 saturated carbocycles. The van der Waals surface area contributed by atoms with E-state index in [0.29, 0.717) is 0 Å². The minimum Gasteiger partial charge on any atom is -0.746 e. The summed E-state index contributed by atoms with van der Waals surface area (Å²) in [7, 11) is -6.08. The van der Waals surface area contributed by atoms with Crippen LogP contribution < -0.4 is 0 Å². The molecule has 2 bridgehead atoms. The zero-order valence-corrected chi connectivity index (χ0v) is 25.2. The zero-order chi connectivity index (χ0) is 22.8. The summed E-state index contributed by atoms with van der Waals surface area (Å²) in [5, 5.41) is -6.04. The Bertz CT molecular complexity index is 868. The minimum absolute atomic E-state index is 0. The first-order chi connectivity index (χ1) is 13.7. The van der Waals surface area contributed by atoms with Gasteiger partial charge in [-0.15, -0.1) is 11.8 Å². The maximum atomic E-state index is 13.4. The number of alkyl halides is 2. The Kier molecular flexibility index (Phi) is 6.32. The molecule has 0 aromatic carbocycles. The molecule has 3 fully saturated rings. The molecular weight excluding hydrogens is 715 g/mol. The molecule has 0 N–H and O–H groups in total. The molecule has 0 aliphatic carbocycles. The smallest absolute Gasteiger partial charge is 0.308 e. The topological polar surface area (TPSA) is 130 Å². The molecule has 6 unspecified atom stereocenters. The van der Waals surface area contributed by atoms with Crippen LogP contribution in [-0.2, 0) is 34.0 Å². The zero-order valence-electron chi connectivity index (χ0n) is 17.2. The maximum absolute atomic E-state index is 13.4. The Labute approximate surface area is 176 Å². The van der Waals surface area contributed by atoms with Crippen molar-refractivity contribution in [2.24, 2.45) is 17.8 Å². The van der Waals surface area contributed by atoms with Gasteiger partial charge in [-0.3, -0.25) is 14.4 Å². The van der Waals surface area contributed by atoms with E-state index in [4.69, 9.17) is 4.74 Å². The van der Waals surface area contributed by atoms with Crippen molar-refractivity contribution >= 4 is 39.7 Å². The van der Waals surface area contributed by atoms with E-state index in [-0.39, 0.29) is 11.9 Å². The number of ether oxygens (including phenoxy) is 2. The molecule has 6 atom stereocenters. The monoisotopic (exact) mass is 736 g/mol. The molecule has 3 aliphatic rings. The number of nitrogens with zero attached hydrogens (tertiary/aromatic N) is 1. The van der Waals surface area contributed by atoms with Gasteiger partial charge in [-0.25, -0.2) is 17.2 Å². The number of hydrogen-bond donors (Lipinski definition) is 0. The summed E-state index contributed by atoms with van der Waals surface area (Å²) >= 11 is 1.25. The second kappa shape index (κ2) is 7.90. The minimum atomic E-state index is -6.08. The number of fused-ring (bicyclic) bond motifs is 1. The second-order valence-corrected chi connectivity index (χ2v) is 10.9. The molecule has 0 aromatic heterocycles. The summed E-state index contributed by atoms with van der Waals surface area (Å²) in [6, 6.07) is -0.720. The van der Waals surface area contributed by atoms with Crippen molar-refractivity contribution in [1.82, 2.24) is 4.90 Å². The first kappa shape index (κ1) is 24.8. The third-order valence-electron chi connectivity index (χ3n) is 5.46. The molecule has 3 aliphatic heterocycles. The Balaban J connectivity index is 0.00000341. The Hall–Kier alpha value is -2.47. The van der Waals surface area contributed by atoms with E-state index in [1.807, 2.05) is 0 Å². The number of amides is 1. The number of esters is 2. The van der Waals surface area contributed by atoms with Crippen molar-refractivity contribution < 1.29 is 45.6 Å². The molecule has 1 amide bonds. The van der Waals surface area contributed by atoms with E-state index in [9.17, 15) is 36.1 Å². The van der Waals surface area contributed by atoms with Crippen LogP contribution in [0, 0.1) is 24.4 Å². The number of carbonyl (C=O) groups is 3. The molecule has 3 saturated heterocycles. The van der Waals surface area contributed by atoms with Crippen LogP contribution in [0.4, 0.5) is 8.78 Å². The van der Waals surface area contributed by atoms with Crippen molar-refractivity contribution in [2.75, 3.05) is 0 Å². The first-order valence-electron chi connectivity index (χ1n) is 9.25. The summed E-state index contributed by atoms with van der Waals surface area (Å²) in [6.45, 7) is 6.15. The van der Waals surface area contributed by atoms with Gasteiger partial charge in [-0.05, 0) is 13.8 Å². The van der Waals surface area contributed by atoms with Gasteiger partial charge >= 0.3 is 5.97 Å². The summed E-state index contributed by atoms with van der Waals surface area (Å²) in [6.07, 6.45) is -0.846. The molecule has 3 rings (SSSR count). The fraction of sp³-hybridized carbons (Fsp3) is 0.765. The van der Waals surface area contributed by atoms with E-state index in [0.717, 1.165) is 0 Å². The Morgan fingerprint density at radius 2 is 1.81 bits per heavy atom. The molecule has 0 radical (unpaired) electrons. The van der Waals surface area contributed by atoms with Crippen LogP contribution in [0.25, 0.3) is 0 Å². The van der Waals surface area contributed by atoms with Crippen molar-refractivity contribution in [2.45, 2.75) is 61.6 Å². The average Bonchev–Trinajstić information content (AvgIpc) is 3.20. The van der Waals surface area contributed by atoms with Crippen LogP contribution >= 0.6 is 11.8 Å². The van der Waals surface area contributed by atoms with Crippen LogP contribution in [0.3, 0.4) is 0 Å².